The number of carbonyl (C=O) groups is 1. The summed E-state index contributed by atoms with van der Waals surface area (Å²) >= 11 is 0. The third-order valence-electron chi connectivity index (χ3n) is 9.30. The molecule has 2 aliphatic heterocycles. The van der Waals surface area contributed by atoms with Gasteiger partial charge in [-0.3, -0.25) is 9.32 Å². The van der Waals surface area contributed by atoms with Crippen molar-refractivity contribution in [2.45, 2.75) is 116 Å². The quantitative estimate of drug-likeness (QED) is 0.160. The average Bonchev–Trinajstić information content (AvgIpc) is 3.70. The fraction of sp³-hybridized carbons (Fsp3) is 0.600. The average molecular weight is 713 g/mol. The van der Waals surface area contributed by atoms with Crippen molar-refractivity contribution in [3.05, 3.63) is 54.0 Å². The van der Waals surface area contributed by atoms with Crippen molar-refractivity contribution in [2.24, 2.45) is 5.41 Å². The molecule has 5 rings (SSSR count). The van der Waals surface area contributed by atoms with E-state index < -0.39 is 49.5 Å². The third kappa shape index (κ3) is 7.83. The zero-order valence-electron chi connectivity index (χ0n) is 30.3. The number of nitriles is 1. The Kier molecular flexibility index (Phi) is 10.4. The van der Waals surface area contributed by atoms with Gasteiger partial charge in [-0.05, 0) is 67.9 Å². The predicted molar refractivity (Wildman–Crippen MR) is 185 cm³/mol. The summed E-state index contributed by atoms with van der Waals surface area (Å²) in [6.45, 7) is 17.4. The van der Waals surface area contributed by atoms with E-state index in [1.165, 1.54) is 17.8 Å². The molecule has 6 atom stereocenters. The van der Waals surface area contributed by atoms with Gasteiger partial charge >= 0.3 is 13.7 Å². The number of anilines is 1. The van der Waals surface area contributed by atoms with Gasteiger partial charge < -0.3 is 29.2 Å². The van der Waals surface area contributed by atoms with E-state index >= 15 is 0 Å². The maximum absolute atomic E-state index is 14.5. The van der Waals surface area contributed by atoms with Crippen LogP contribution in [-0.2, 0) is 43.8 Å². The van der Waals surface area contributed by atoms with Gasteiger partial charge in [-0.1, -0.05) is 60.1 Å². The molecule has 4 heterocycles. The Balaban J connectivity index is 1.41. The second-order valence-electron chi connectivity index (χ2n) is 15.1. The first-order valence-corrected chi connectivity index (χ1v) is 18.4. The van der Waals surface area contributed by atoms with Crippen molar-refractivity contribution < 1.29 is 37.4 Å². The van der Waals surface area contributed by atoms with E-state index in [1.54, 1.807) is 38.1 Å². The van der Waals surface area contributed by atoms with Crippen LogP contribution in [0.1, 0.15) is 86.4 Å². The highest BCUT2D eigenvalue weighted by atomic mass is 31.2. The number of rotatable bonds is 13. The highest BCUT2D eigenvalue weighted by Gasteiger charge is 2.65. The number of nitrogens with one attached hydrogen (secondary N) is 1. The van der Waals surface area contributed by atoms with Crippen LogP contribution in [0.15, 0.2) is 42.7 Å². The van der Waals surface area contributed by atoms with Crippen LogP contribution >= 0.6 is 7.75 Å². The lowest BCUT2D eigenvalue weighted by molar-refractivity contribution is -0.204. The number of nitrogen functional groups attached to an aromatic ring is 1. The smallest absolute Gasteiger partial charge is 0.459 e. The number of benzene rings is 1. The van der Waals surface area contributed by atoms with Crippen LogP contribution < -0.4 is 15.3 Å². The maximum Gasteiger partial charge on any atom is 0.459 e. The Hall–Kier alpha value is -3.57. The fourth-order valence-corrected chi connectivity index (χ4v) is 7.40. The second-order valence-corrected chi connectivity index (χ2v) is 16.8. The second kappa shape index (κ2) is 13.9. The van der Waals surface area contributed by atoms with Crippen molar-refractivity contribution in [3.8, 4) is 11.8 Å². The van der Waals surface area contributed by atoms with Crippen molar-refractivity contribution in [2.75, 3.05) is 18.9 Å². The zero-order chi connectivity index (χ0) is 36.7. The van der Waals surface area contributed by atoms with Gasteiger partial charge in [0.2, 0.25) is 5.60 Å². The van der Waals surface area contributed by atoms with E-state index in [4.69, 9.17) is 33.7 Å². The van der Waals surface area contributed by atoms with Gasteiger partial charge in [0.25, 0.3) is 0 Å². The van der Waals surface area contributed by atoms with Gasteiger partial charge in [-0.15, -0.1) is 0 Å². The van der Waals surface area contributed by atoms with Crippen molar-refractivity contribution in [1.82, 2.24) is 19.7 Å². The number of aromatic nitrogens is 3. The van der Waals surface area contributed by atoms with Crippen LogP contribution in [0.3, 0.4) is 0 Å². The summed E-state index contributed by atoms with van der Waals surface area (Å²) < 4.78 is 52.5. The van der Waals surface area contributed by atoms with E-state index in [2.05, 4.69) is 62.8 Å². The van der Waals surface area contributed by atoms with Gasteiger partial charge in [0, 0.05) is 0 Å². The molecule has 15 heteroatoms. The summed E-state index contributed by atoms with van der Waals surface area (Å²) in [6, 6.07) is 11.7. The molecule has 1 aromatic carbocycles. The summed E-state index contributed by atoms with van der Waals surface area (Å²) in [6.07, 6.45) is 0.165. The first kappa shape index (κ1) is 37.7. The van der Waals surface area contributed by atoms with Crippen LogP contribution in [0.25, 0.3) is 5.52 Å². The van der Waals surface area contributed by atoms with Crippen molar-refractivity contribution in [1.29, 1.82) is 5.26 Å². The standard InChI is InChI=1S/C35H49N6O8P/c1-10-33(6,7)17-18-44-31(42)22(2)40-50(43,49-24-13-11-23(12-14-24)32(3,4)5)45-19-26-28-29(48-34(8,9)47-28)35(20-36,46-26)27-16-15-25-30(37)38-21-39-41(25)27/h11-16,21-22,26,28-29H,10,17-19H2,1-9H3,(H,40,43)(H2,37,38,39)/t22-,26+,28+,29+,35-,50?/m0/s1. The Labute approximate surface area is 293 Å². The molecule has 0 radical (unpaired) electrons. The van der Waals surface area contributed by atoms with Crippen LogP contribution in [0.5, 0.6) is 5.75 Å². The molecule has 0 amide bonds. The number of esters is 1. The number of carbonyl (C=O) groups excluding carboxylic acids is 1. The number of ether oxygens (including phenoxy) is 4. The molecule has 2 aromatic heterocycles. The SMILES string of the molecule is CCC(C)(C)CCOC(=O)[C@H](C)NP(=O)(OC[C@H]1O[C@@](C#N)(c2ccc3c(N)ncnn23)[C@@H]2OC(C)(C)O[C@@H]21)Oc1ccc(C(C)(C)C)cc1. The minimum Gasteiger partial charge on any atom is -0.465 e. The molecule has 0 saturated carbocycles. The van der Waals surface area contributed by atoms with Crippen LogP contribution in [0.4, 0.5) is 5.82 Å². The van der Waals surface area contributed by atoms with Crippen molar-refractivity contribution in [3.63, 3.8) is 0 Å². The minimum atomic E-state index is -4.31. The molecule has 3 N–H and O–H groups in total. The number of nitrogens with two attached hydrogens (primary N) is 1. The molecule has 2 aliphatic rings. The number of hydrogen-bond acceptors (Lipinski definition) is 12. The first-order valence-electron chi connectivity index (χ1n) is 16.8. The minimum absolute atomic E-state index is 0.00275. The lowest BCUT2D eigenvalue weighted by Crippen LogP contribution is -2.40. The molecule has 3 aromatic rings. The van der Waals surface area contributed by atoms with Crippen LogP contribution in [-0.4, -0.2) is 63.9 Å². The summed E-state index contributed by atoms with van der Waals surface area (Å²) in [7, 11) is -4.31. The topological polar surface area (TPSA) is 182 Å². The molecule has 272 valence electrons. The summed E-state index contributed by atoms with van der Waals surface area (Å²) in [5.74, 6) is -1.21. The maximum atomic E-state index is 14.5. The lowest BCUT2D eigenvalue weighted by atomic mass is 9.87. The van der Waals surface area contributed by atoms with Gasteiger partial charge in [0.15, 0.2) is 11.6 Å². The predicted octanol–water partition coefficient (Wildman–Crippen LogP) is 5.80. The molecule has 50 heavy (non-hydrogen) atoms. The number of fused-ring (bicyclic) bond motifs is 2. The summed E-state index contributed by atoms with van der Waals surface area (Å²) in [4.78, 5) is 17.1. The highest BCUT2D eigenvalue weighted by Crippen LogP contribution is 2.51. The normalized spacial score (nSPS) is 25.1. The lowest BCUT2D eigenvalue weighted by Gasteiger charge is -2.29. The molecular formula is C35H49N6O8P. The van der Waals surface area contributed by atoms with E-state index in [0.29, 0.717) is 17.6 Å². The Morgan fingerprint density at radius 2 is 1.84 bits per heavy atom. The van der Waals surface area contributed by atoms with E-state index in [1.807, 2.05) is 12.1 Å². The largest absolute Gasteiger partial charge is 0.465 e. The Morgan fingerprint density at radius 1 is 1.14 bits per heavy atom. The zero-order valence-corrected chi connectivity index (χ0v) is 31.2. The molecule has 2 fully saturated rings. The van der Waals surface area contributed by atoms with Crippen LogP contribution in [0, 0.1) is 16.7 Å². The third-order valence-corrected chi connectivity index (χ3v) is 10.9. The Bertz CT molecular complexity index is 1780. The summed E-state index contributed by atoms with van der Waals surface area (Å²) in [5.41, 5.74) is 6.12. The van der Waals surface area contributed by atoms with E-state index in [9.17, 15) is 14.6 Å². The van der Waals surface area contributed by atoms with Crippen molar-refractivity contribution >= 4 is 25.1 Å². The van der Waals surface area contributed by atoms with Gasteiger partial charge in [0.05, 0.1) is 18.9 Å². The van der Waals surface area contributed by atoms with E-state index in [0.717, 1.165) is 12.0 Å². The monoisotopic (exact) mass is 712 g/mol. The number of nitrogens with zero attached hydrogens (tertiary/aromatic N) is 4. The van der Waals surface area contributed by atoms with Gasteiger partial charge in [-0.25, -0.2) is 14.1 Å². The molecule has 0 bridgehead atoms. The molecule has 0 aliphatic carbocycles. The number of hydrogen-bond donors (Lipinski definition) is 2. The molecule has 1 unspecified atom stereocenters. The van der Waals surface area contributed by atoms with Crippen LogP contribution in [0.2, 0.25) is 0 Å². The molecule has 0 spiro atoms. The molecular weight excluding hydrogens is 663 g/mol. The fourth-order valence-electron chi connectivity index (χ4n) is 5.90. The highest BCUT2D eigenvalue weighted by molar-refractivity contribution is 7.52. The first-order chi connectivity index (χ1) is 23.3. The molecule has 2 saturated heterocycles. The molecule has 14 nitrogen and oxygen atoms in total. The van der Waals surface area contributed by atoms with E-state index in [-0.39, 0.29) is 35.6 Å². The Morgan fingerprint density at radius 3 is 2.48 bits per heavy atom. The summed E-state index contributed by atoms with van der Waals surface area (Å²) in [5, 5.41) is 17.7. The van der Waals surface area contributed by atoms with Gasteiger partial charge in [-0.2, -0.15) is 15.4 Å². The van der Waals surface area contributed by atoms with Gasteiger partial charge in [0.1, 0.15) is 48.0 Å².